The lowest BCUT2D eigenvalue weighted by atomic mass is 10.2. The lowest BCUT2D eigenvalue weighted by Crippen LogP contribution is -2.06. The van der Waals surface area contributed by atoms with Gasteiger partial charge in [-0.25, -0.2) is 0 Å². The zero-order valence-corrected chi connectivity index (χ0v) is 15.0. The molecule has 0 radical (unpaired) electrons. The Hall–Kier alpha value is -2.61. The molecule has 0 aliphatic rings. The summed E-state index contributed by atoms with van der Waals surface area (Å²) >= 11 is 12.2. The van der Waals surface area contributed by atoms with Crippen LogP contribution in [0, 0.1) is 18.3 Å². The van der Waals surface area contributed by atoms with E-state index in [0.29, 0.717) is 39.6 Å². The first-order chi connectivity index (χ1) is 12.0. The van der Waals surface area contributed by atoms with E-state index in [-0.39, 0.29) is 0 Å². The van der Waals surface area contributed by atoms with Crippen molar-refractivity contribution in [2.45, 2.75) is 13.5 Å². The minimum atomic E-state index is 0.345. The molecule has 0 saturated carbocycles. The number of hydrogen-bond acceptors (Lipinski definition) is 3. The minimum absolute atomic E-state index is 0.345. The van der Waals surface area contributed by atoms with Crippen LogP contribution in [-0.2, 0) is 6.54 Å². The molecule has 0 unspecified atom stereocenters. The molecular formula is C19H15Cl2N3O. The Morgan fingerprint density at radius 3 is 2.60 bits per heavy atom. The molecule has 0 saturated heterocycles. The predicted octanol–water partition coefficient (Wildman–Crippen LogP) is 5.40. The quantitative estimate of drug-likeness (QED) is 0.667. The van der Waals surface area contributed by atoms with Gasteiger partial charge in [0.05, 0.1) is 12.2 Å². The number of nitrogens with two attached hydrogens (primary N) is 1. The molecule has 2 aromatic carbocycles. The van der Waals surface area contributed by atoms with Gasteiger partial charge in [0.1, 0.15) is 17.5 Å². The van der Waals surface area contributed by atoms with Crippen LogP contribution in [0.4, 0.5) is 5.69 Å². The first kappa shape index (κ1) is 17.2. The maximum absolute atomic E-state index is 9.43. The zero-order chi connectivity index (χ0) is 18.0. The fourth-order valence-electron chi connectivity index (χ4n) is 2.51. The number of hydrogen-bond donors (Lipinski definition) is 1. The summed E-state index contributed by atoms with van der Waals surface area (Å²) in [7, 11) is 0. The highest BCUT2D eigenvalue weighted by atomic mass is 35.5. The number of anilines is 1. The molecule has 0 spiro atoms. The van der Waals surface area contributed by atoms with E-state index in [1.807, 2.05) is 37.3 Å². The number of aryl methyl sites for hydroxylation is 1. The Labute approximate surface area is 156 Å². The molecule has 3 aromatic rings. The number of para-hydroxylation sites is 1. The number of benzene rings is 2. The largest absolute Gasteiger partial charge is 0.438 e. The van der Waals surface area contributed by atoms with Crippen LogP contribution in [0.15, 0.2) is 48.5 Å². The van der Waals surface area contributed by atoms with Gasteiger partial charge in [-0.05, 0) is 36.2 Å². The van der Waals surface area contributed by atoms with E-state index >= 15 is 0 Å². The normalized spacial score (nSPS) is 10.5. The van der Waals surface area contributed by atoms with Crippen molar-refractivity contribution in [1.82, 2.24) is 4.57 Å². The summed E-state index contributed by atoms with van der Waals surface area (Å²) in [5, 5.41) is 10.5. The van der Waals surface area contributed by atoms with Crippen LogP contribution in [0.1, 0.15) is 16.8 Å². The predicted molar refractivity (Wildman–Crippen MR) is 100 cm³/mol. The number of aromatic nitrogens is 1. The van der Waals surface area contributed by atoms with E-state index in [4.69, 9.17) is 33.7 Å². The number of ether oxygens (including phenoxy) is 1. The standard InChI is InChI=1S/C19H15Cl2N3O/c1-12-4-2-3-5-18(12)25-19-17(23)9-15(10-22)24(19)11-13-6-7-14(20)8-16(13)21/h2-9H,11,23H2,1H3. The summed E-state index contributed by atoms with van der Waals surface area (Å²) in [5.74, 6) is 1.09. The Morgan fingerprint density at radius 1 is 1.16 bits per heavy atom. The number of halogens is 2. The summed E-state index contributed by atoms with van der Waals surface area (Å²) < 4.78 is 7.71. The van der Waals surface area contributed by atoms with Crippen molar-refractivity contribution in [1.29, 1.82) is 5.26 Å². The van der Waals surface area contributed by atoms with Gasteiger partial charge >= 0.3 is 0 Å². The van der Waals surface area contributed by atoms with Crippen LogP contribution in [0.5, 0.6) is 11.6 Å². The summed E-state index contributed by atoms with van der Waals surface area (Å²) in [4.78, 5) is 0. The van der Waals surface area contributed by atoms with Crippen molar-refractivity contribution >= 4 is 28.9 Å². The van der Waals surface area contributed by atoms with E-state index in [1.54, 1.807) is 22.8 Å². The van der Waals surface area contributed by atoms with E-state index in [0.717, 1.165) is 11.1 Å². The van der Waals surface area contributed by atoms with Crippen molar-refractivity contribution < 1.29 is 4.74 Å². The second-order valence-electron chi connectivity index (χ2n) is 5.59. The topological polar surface area (TPSA) is 64.0 Å². The highest BCUT2D eigenvalue weighted by molar-refractivity contribution is 6.35. The van der Waals surface area contributed by atoms with Crippen LogP contribution < -0.4 is 10.5 Å². The maximum Gasteiger partial charge on any atom is 0.224 e. The molecule has 0 fully saturated rings. The average Bonchev–Trinajstić information content (AvgIpc) is 2.88. The van der Waals surface area contributed by atoms with Crippen molar-refractivity contribution in [3.05, 3.63) is 75.4 Å². The van der Waals surface area contributed by atoms with Gasteiger partial charge in [-0.1, -0.05) is 47.5 Å². The number of rotatable bonds is 4. The minimum Gasteiger partial charge on any atom is -0.438 e. The van der Waals surface area contributed by atoms with Gasteiger partial charge in [-0.2, -0.15) is 5.26 Å². The molecule has 25 heavy (non-hydrogen) atoms. The van der Waals surface area contributed by atoms with Crippen LogP contribution >= 0.6 is 23.2 Å². The van der Waals surface area contributed by atoms with E-state index < -0.39 is 0 Å². The molecule has 126 valence electrons. The van der Waals surface area contributed by atoms with Crippen molar-refractivity contribution in [3.8, 4) is 17.7 Å². The third-order valence-electron chi connectivity index (χ3n) is 3.83. The van der Waals surface area contributed by atoms with Crippen molar-refractivity contribution in [2.24, 2.45) is 0 Å². The molecule has 1 heterocycles. The molecule has 0 atom stereocenters. The van der Waals surface area contributed by atoms with E-state index in [1.165, 1.54) is 0 Å². The second kappa shape index (κ2) is 7.10. The highest BCUT2D eigenvalue weighted by Gasteiger charge is 2.17. The molecule has 3 rings (SSSR count). The molecule has 0 amide bonds. The van der Waals surface area contributed by atoms with Crippen LogP contribution in [0.3, 0.4) is 0 Å². The number of nitrogen functional groups attached to an aromatic ring is 1. The number of nitrogens with zero attached hydrogens (tertiary/aromatic N) is 2. The molecule has 4 nitrogen and oxygen atoms in total. The summed E-state index contributed by atoms with van der Waals surface area (Å²) in [6.07, 6.45) is 0. The maximum atomic E-state index is 9.43. The fourth-order valence-corrected chi connectivity index (χ4v) is 2.98. The van der Waals surface area contributed by atoms with E-state index in [9.17, 15) is 5.26 Å². The Balaban J connectivity index is 2.03. The van der Waals surface area contributed by atoms with Crippen molar-refractivity contribution in [2.75, 3.05) is 5.73 Å². The Bertz CT molecular complexity index is 973. The SMILES string of the molecule is Cc1ccccc1Oc1c(N)cc(C#N)n1Cc1ccc(Cl)cc1Cl. The first-order valence-electron chi connectivity index (χ1n) is 7.56. The monoisotopic (exact) mass is 371 g/mol. The summed E-state index contributed by atoms with van der Waals surface area (Å²) in [6, 6.07) is 16.6. The molecule has 6 heteroatoms. The van der Waals surface area contributed by atoms with Gasteiger partial charge in [0, 0.05) is 16.1 Å². The third-order valence-corrected chi connectivity index (χ3v) is 4.42. The zero-order valence-electron chi connectivity index (χ0n) is 13.5. The van der Waals surface area contributed by atoms with Gasteiger partial charge in [0.15, 0.2) is 0 Å². The lowest BCUT2D eigenvalue weighted by molar-refractivity contribution is 0.434. The van der Waals surface area contributed by atoms with Gasteiger partial charge in [-0.3, -0.25) is 4.57 Å². The molecule has 0 aliphatic carbocycles. The highest BCUT2D eigenvalue weighted by Crippen LogP contribution is 2.34. The molecule has 0 aliphatic heterocycles. The third kappa shape index (κ3) is 3.58. The molecule has 2 N–H and O–H groups in total. The van der Waals surface area contributed by atoms with E-state index in [2.05, 4.69) is 6.07 Å². The lowest BCUT2D eigenvalue weighted by Gasteiger charge is -2.14. The van der Waals surface area contributed by atoms with Gasteiger partial charge in [0.25, 0.3) is 0 Å². The Kier molecular flexibility index (Phi) is 4.89. The molecular weight excluding hydrogens is 357 g/mol. The summed E-state index contributed by atoms with van der Waals surface area (Å²) in [5.41, 5.74) is 8.65. The molecule has 0 bridgehead atoms. The van der Waals surface area contributed by atoms with Crippen LogP contribution in [-0.4, -0.2) is 4.57 Å². The van der Waals surface area contributed by atoms with Gasteiger partial charge < -0.3 is 10.5 Å². The summed E-state index contributed by atoms with van der Waals surface area (Å²) in [6.45, 7) is 2.29. The van der Waals surface area contributed by atoms with Crippen molar-refractivity contribution in [3.63, 3.8) is 0 Å². The van der Waals surface area contributed by atoms with Gasteiger partial charge in [0.2, 0.25) is 5.88 Å². The first-order valence-corrected chi connectivity index (χ1v) is 8.31. The Morgan fingerprint density at radius 2 is 1.92 bits per heavy atom. The smallest absolute Gasteiger partial charge is 0.224 e. The average molecular weight is 372 g/mol. The van der Waals surface area contributed by atoms with Crippen LogP contribution in [0.25, 0.3) is 0 Å². The molecule has 1 aromatic heterocycles. The van der Waals surface area contributed by atoms with Crippen LogP contribution in [0.2, 0.25) is 10.0 Å². The van der Waals surface area contributed by atoms with Gasteiger partial charge in [-0.15, -0.1) is 0 Å². The fraction of sp³-hybridized carbons (Fsp3) is 0.105. The number of nitriles is 1. The second-order valence-corrected chi connectivity index (χ2v) is 6.43.